The number of halogens is 3. The average molecular weight is 288 g/mol. The van der Waals surface area contributed by atoms with E-state index in [1.54, 1.807) is 6.07 Å². The maximum atomic E-state index is 5.68. The van der Waals surface area contributed by atoms with Crippen LogP contribution in [0, 0.1) is 13.8 Å². The average Bonchev–Trinajstić information content (AvgIpc) is 2.24. The van der Waals surface area contributed by atoms with Gasteiger partial charge in [0.05, 0.1) is 10.0 Å². The Hall–Kier alpha value is -0.690. The molecule has 0 heterocycles. The fraction of sp³-hybridized carbons (Fsp3) is 0.143. The lowest BCUT2D eigenvalue weighted by atomic mass is 10.2. The Bertz CT molecular complexity index is 475. The molecule has 90 valence electrons. The summed E-state index contributed by atoms with van der Waals surface area (Å²) in [5.41, 5.74) is 2.34. The Morgan fingerprint density at radius 1 is 0.706 bits per heavy atom. The van der Waals surface area contributed by atoms with Crippen molar-refractivity contribution in [2.45, 2.75) is 13.8 Å². The Kier molecular flexibility index (Phi) is 5.84. The monoisotopic (exact) mass is 286 g/mol. The summed E-state index contributed by atoms with van der Waals surface area (Å²) in [7, 11) is 0. The third-order valence-corrected chi connectivity index (χ3v) is 3.03. The molecule has 0 N–H and O–H groups in total. The van der Waals surface area contributed by atoms with Gasteiger partial charge in [-0.3, -0.25) is 0 Å². The van der Waals surface area contributed by atoms with Gasteiger partial charge in [-0.05, 0) is 49.2 Å². The van der Waals surface area contributed by atoms with E-state index in [4.69, 9.17) is 34.8 Å². The zero-order chi connectivity index (χ0) is 12.8. The number of hydrogen-bond donors (Lipinski definition) is 0. The van der Waals surface area contributed by atoms with Crippen LogP contribution in [-0.2, 0) is 0 Å². The van der Waals surface area contributed by atoms with Gasteiger partial charge in [0.15, 0.2) is 0 Å². The minimum atomic E-state index is 0.613. The first-order valence-electron chi connectivity index (χ1n) is 5.13. The second-order valence-corrected chi connectivity index (χ2v) is 4.97. The Labute approximate surface area is 117 Å². The van der Waals surface area contributed by atoms with Crippen LogP contribution >= 0.6 is 34.8 Å². The molecule has 0 saturated heterocycles. The van der Waals surface area contributed by atoms with E-state index in [9.17, 15) is 0 Å². The first kappa shape index (κ1) is 14.4. The van der Waals surface area contributed by atoms with Crippen LogP contribution in [0.1, 0.15) is 11.1 Å². The van der Waals surface area contributed by atoms with Crippen LogP contribution in [0.2, 0.25) is 15.1 Å². The van der Waals surface area contributed by atoms with Crippen molar-refractivity contribution in [3.8, 4) is 0 Å². The highest BCUT2D eigenvalue weighted by Gasteiger charge is 1.93. The molecule has 0 aromatic heterocycles. The van der Waals surface area contributed by atoms with Gasteiger partial charge in [-0.15, -0.1) is 0 Å². The van der Waals surface area contributed by atoms with Gasteiger partial charge in [-0.2, -0.15) is 0 Å². The molecule has 0 amide bonds. The Morgan fingerprint density at radius 3 is 1.76 bits per heavy atom. The van der Waals surface area contributed by atoms with Crippen LogP contribution in [0.15, 0.2) is 42.5 Å². The molecule has 0 saturated carbocycles. The Morgan fingerprint density at radius 2 is 1.35 bits per heavy atom. The summed E-state index contributed by atoms with van der Waals surface area (Å²) in [6, 6.07) is 13.3. The number of hydrogen-bond acceptors (Lipinski definition) is 0. The van der Waals surface area contributed by atoms with Gasteiger partial charge in [-0.1, -0.05) is 53.0 Å². The third kappa shape index (κ3) is 5.45. The van der Waals surface area contributed by atoms with E-state index in [0.29, 0.717) is 10.0 Å². The van der Waals surface area contributed by atoms with Gasteiger partial charge >= 0.3 is 0 Å². The maximum Gasteiger partial charge on any atom is 0.0594 e. The minimum Gasteiger partial charge on any atom is -0.0843 e. The van der Waals surface area contributed by atoms with E-state index in [0.717, 1.165) is 10.6 Å². The van der Waals surface area contributed by atoms with E-state index < -0.39 is 0 Å². The molecule has 0 aliphatic rings. The maximum absolute atomic E-state index is 5.68. The minimum absolute atomic E-state index is 0.613. The van der Waals surface area contributed by atoms with Crippen LogP contribution in [0.25, 0.3) is 0 Å². The SMILES string of the molecule is Cc1ccc(Cl)c(Cl)c1.Cc1cccc(Cl)c1. The molecule has 3 heteroatoms. The van der Waals surface area contributed by atoms with E-state index in [1.165, 1.54) is 5.56 Å². The van der Waals surface area contributed by atoms with Crippen molar-refractivity contribution in [1.82, 2.24) is 0 Å². The third-order valence-electron chi connectivity index (χ3n) is 2.06. The summed E-state index contributed by atoms with van der Waals surface area (Å²) in [5.74, 6) is 0. The van der Waals surface area contributed by atoms with Crippen molar-refractivity contribution >= 4 is 34.8 Å². The Balaban J connectivity index is 0.000000171. The van der Waals surface area contributed by atoms with Crippen LogP contribution in [-0.4, -0.2) is 0 Å². The lowest BCUT2D eigenvalue weighted by Crippen LogP contribution is -1.70. The van der Waals surface area contributed by atoms with Crippen LogP contribution in [0.3, 0.4) is 0 Å². The van der Waals surface area contributed by atoms with E-state index in [-0.39, 0.29) is 0 Å². The number of rotatable bonds is 0. The van der Waals surface area contributed by atoms with Gasteiger partial charge in [0.2, 0.25) is 0 Å². The zero-order valence-corrected chi connectivity index (χ0v) is 11.9. The molecule has 2 rings (SSSR count). The summed E-state index contributed by atoms with van der Waals surface area (Å²) in [6.07, 6.45) is 0. The molecular weight excluding hydrogens is 275 g/mol. The van der Waals surface area contributed by atoms with Gasteiger partial charge < -0.3 is 0 Å². The van der Waals surface area contributed by atoms with Crippen LogP contribution < -0.4 is 0 Å². The molecule has 2 aromatic carbocycles. The molecule has 0 bridgehead atoms. The van der Waals surface area contributed by atoms with Gasteiger partial charge in [0.1, 0.15) is 0 Å². The molecule has 0 radical (unpaired) electrons. The molecule has 2 aromatic rings. The zero-order valence-electron chi connectivity index (χ0n) is 9.68. The first-order valence-corrected chi connectivity index (χ1v) is 6.26. The summed E-state index contributed by atoms with van der Waals surface area (Å²) in [4.78, 5) is 0. The van der Waals surface area contributed by atoms with Crippen molar-refractivity contribution in [2.24, 2.45) is 0 Å². The molecule has 0 aliphatic heterocycles. The fourth-order valence-electron chi connectivity index (χ4n) is 1.21. The number of benzene rings is 2. The quantitative estimate of drug-likeness (QED) is 0.561. The lowest BCUT2D eigenvalue weighted by molar-refractivity contribution is 1.47. The lowest BCUT2D eigenvalue weighted by Gasteiger charge is -1.94. The summed E-state index contributed by atoms with van der Waals surface area (Å²) >= 11 is 17.0. The topological polar surface area (TPSA) is 0 Å². The van der Waals surface area contributed by atoms with Crippen molar-refractivity contribution in [3.05, 3.63) is 68.7 Å². The van der Waals surface area contributed by atoms with Crippen molar-refractivity contribution in [2.75, 3.05) is 0 Å². The molecule has 0 aliphatic carbocycles. The van der Waals surface area contributed by atoms with Crippen molar-refractivity contribution < 1.29 is 0 Å². The molecule has 17 heavy (non-hydrogen) atoms. The normalized spacial score (nSPS) is 9.47. The van der Waals surface area contributed by atoms with E-state index in [1.807, 2.05) is 50.2 Å². The van der Waals surface area contributed by atoms with Gasteiger partial charge in [0.25, 0.3) is 0 Å². The molecule has 0 atom stereocenters. The van der Waals surface area contributed by atoms with E-state index >= 15 is 0 Å². The van der Waals surface area contributed by atoms with Crippen LogP contribution in [0.5, 0.6) is 0 Å². The molecule has 0 fully saturated rings. The molecular formula is C14H13Cl3. The second-order valence-electron chi connectivity index (χ2n) is 3.72. The van der Waals surface area contributed by atoms with Crippen molar-refractivity contribution in [1.29, 1.82) is 0 Å². The highest BCUT2D eigenvalue weighted by Crippen LogP contribution is 2.21. The van der Waals surface area contributed by atoms with Crippen LogP contribution in [0.4, 0.5) is 0 Å². The predicted molar refractivity (Wildman–Crippen MR) is 77.4 cm³/mol. The second kappa shape index (κ2) is 6.90. The summed E-state index contributed by atoms with van der Waals surface area (Å²) < 4.78 is 0. The fourth-order valence-corrected chi connectivity index (χ4v) is 1.80. The largest absolute Gasteiger partial charge is 0.0843 e. The highest BCUT2D eigenvalue weighted by atomic mass is 35.5. The van der Waals surface area contributed by atoms with Gasteiger partial charge in [-0.25, -0.2) is 0 Å². The van der Waals surface area contributed by atoms with Gasteiger partial charge in [0, 0.05) is 5.02 Å². The van der Waals surface area contributed by atoms with E-state index in [2.05, 4.69) is 0 Å². The standard InChI is InChI=1S/C7H6Cl2.C7H7Cl/c1-5-2-3-6(8)7(9)4-5;1-6-3-2-4-7(8)5-6/h2-4H,1H3;2-5H,1H3. The van der Waals surface area contributed by atoms with Crippen molar-refractivity contribution in [3.63, 3.8) is 0 Å². The predicted octanol–water partition coefficient (Wildman–Crippen LogP) is 5.95. The highest BCUT2D eigenvalue weighted by molar-refractivity contribution is 6.42. The molecule has 0 spiro atoms. The summed E-state index contributed by atoms with van der Waals surface area (Å²) in [6.45, 7) is 3.99. The molecule has 0 unspecified atom stereocenters. The first-order chi connectivity index (χ1) is 7.99. The number of aryl methyl sites for hydroxylation is 2. The smallest absolute Gasteiger partial charge is 0.0594 e. The summed E-state index contributed by atoms with van der Waals surface area (Å²) in [5, 5.41) is 2.05. The molecule has 0 nitrogen and oxygen atoms in total.